The summed E-state index contributed by atoms with van der Waals surface area (Å²) >= 11 is 0. The number of para-hydroxylation sites is 1. The minimum absolute atomic E-state index is 0.477. The zero-order valence-electron chi connectivity index (χ0n) is 26.2. The highest BCUT2D eigenvalue weighted by Gasteiger charge is 2.46. The number of anilines is 2. The number of hydrogen-bond donors (Lipinski definition) is 1. The van der Waals surface area contributed by atoms with Crippen molar-refractivity contribution in [1.29, 1.82) is 0 Å². The second kappa shape index (κ2) is 11.5. The monoisotopic (exact) mass is 613 g/mol. The molecule has 0 unspecified atom stereocenters. The average Bonchev–Trinajstić information content (AvgIpc) is 3.46. The molecular formula is C45H31N3. The van der Waals surface area contributed by atoms with Crippen LogP contribution in [0.3, 0.4) is 0 Å². The third kappa shape index (κ3) is 4.51. The van der Waals surface area contributed by atoms with Crippen LogP contribution in [0.1, 0.15) is 22.3 Å². The molecule has 0 spiro atoms. The van der Waals surface area contributed by atoms with Crippen LogP contribution in [0.2, 0.25) is 0 Å². The molecule has 0 saturated carbocycles. The van der Waals surface area contributed by atoms with Gasteiger partial charge in [-0.15, -0.1) is 0 Å². The van der Waals surface area contributed by atoms with E-state index >= 15 is 0 Å². The number of rotatable bonds is 6. The number of fused-ring (bicyclic) bond motifs is 4. The van der Waals surface area contributed by atoms with E-state index in [1.165, 1.54) is 44.5 Å². The van der Waals surface area contributed by atoms with Crippen molar-refractivity contribution in [2.75, 3.05) is 5.32 Å². The molecule has 0 fully saturated rings. The zero-order chi connectivity index (χ0) is 31.9. The molecule has 0 saturated heterocycles. The van der Waals surface area contributed by atoms with Gasteiger partial charge in [0, 0.05) is 16.6 Å². The van der Waals surface area contributed by atoms with Gasteiger partial charge in [-0.25, -0.2) is 9.97 Å². The summed E-state index contributed by atoms with van der Waals surface area (Å²) in [6.07, 6.45) is 0. The van der Waals surface area contributed by atoms with Crippen LogP contribution < -0.4 is 5.32 Å². The molecule has 7 aromatic carbocycles. The quantitative estimate of drug-likeness (QED) is 0.203. The van der Waals surface area contributed by atoms with Crippen LogP contribution in [0, 0.1) is 0 Å². The van der Waals surface area contributed by atoms with Gasteiger partial charge in [0.1, 0.15) is 0 Å². The number of nitrogens with zero attached hydrogens (tertiary/aromatic N) is 2. The van der Waals surface area contributed by atoms with Gasteiger partial charge in [0.2, 0.25) is 5.95 Å². The first-order chi connectivity index (χ1) is 23.8. The minimum Gasteiger partial charge on any atom is -0.324 e. The highest BCUT2D eigenvalue weighted by molar-refractivity contribution is 5.95. The van der Waals surface area contributed by atoms with Gasteiger partial charge in [-0.2, -0.15) is 0 Å². The molecule has 1 N–H and O–H groups in total. The Labute approximate surface area is 280 Å². The molecule has 0 bridgehead atoms. The molecule has 0 aliphatic heterocycles. The molecule has 0 atom stereocenters. The van der Waals surface area contributed by atoms with Gasteiger partial charge < -0.3 is 5.32 Å². The van der Waals surface area contributed by atoms with E-state index in [-0.39, 0.29) is 0 Å². The van der Waals surface area contributed by atoms with Crippen molar-refractivity contribution < 1.29 is 0 Å². The summed E-state index contributed by atoms with van der Waals surface area (Å²) in [6, 6.07) is 64.6. The van der Waals surface area contributed by atoms with E-state index in [1.54, 1.807) is 0 Å². The fourth-order valence-corrected chi connectivity index (χ4v) is 7.45. The number of hydrogen-bond acceptors (Lipinski definition) is 3. The SMILES string of the molecule is c1ccc(-c2ccc(Nc3nc(-c4ccc5c(c4)C(c4ccccc4)(c4ccccc4)c4ccccc4-5)c4ccccc4n3)cc2)cc1. The number of benzene rings is 7. The van der Waals surface area contributed by atoms with Crippen molar-refractivity contribution in [1.82, 2.24) is 9.97 Å². The van der Waals surface area contributed by atoms with Crippen molar-refractivity contribution >= 4 is 22.5 Å². The maximum Gasteiger partial charge on any atom is 0.228 e. The normalized spacial score (nSPS) is 12.8. The van der Waals surface area contributed by atoms with Gasteiger partial charge in [-0.1, -0.05) is 158 Å². The molecule has 48 heavy (non-hydrogen) atoms. The fourth-order valence-electron chi connectivity index (χ4n) is 7.45. The van der Waals surface area contributed by atoms with Gasteiger partial charge in [-0.3, -0.25) is 0 Å². The summed E-state index contributed by atoms with van der Waals surface area (Å²) in [5.41, 5.74) is 13.2. The van der Waals surface area contributed by atoms with Crippen LogP contribution in [-0.4, -0.2) is 9.97 Å². The third-order valence-corrected chi connectivity index (χ3v) is 9.58. The smallest absolute Gasteiger partial charge is 0.228 e. The second-order valence-corrected chi connectivity index (χ2v) is 12.3. The molecular weight excluding hydrogens is 583 g/mol. The molecule has 1 aliphatic carbocycles. The molecule has 0 radical (unpaired) electrons. The van der Waals surface area contributed by atoms with Crippen molar-refractivity contribution in [3.8, 4) is 33.5 Å². The summed E-state index contributed by atoms with van der Waals surface area (Å²) in [5.74, 6) is 0.567. The van der Waals surface area contributed by atoms with Gasteiger partial charge in [0.15, 0.2) is 0 Å². The Morgan fingerprint density at radius 2 is 0.979 bits per heavy atom. The Kier molecular flexibility index (Phi) is 6.69. The first-order valence-electron chi connectivity index (χ1n) is 16.3. The molecule has 1 aliphatic rings. The lowest BCUT2D eigenvalue weighted by atomic mass is 9.67. The van der Waals surface area contributed by atoms with Crippen molar-refractivity contribution in [2.45, 2.75) is 5.41 Å². The molecule has 1 heterocycles. The van der Waals surface area contributed by atoms with Crippen LogP contribution in [0.4, 0.5) is 11.6 Å². The van der Waals surface area contributed by atoms with E-state index in [9.17, 15) is 0 Å². The largest absolute Gasteiger partial charge is 0.324 e. The lowest BCUT2D eigenvalue weighted by molar-refractivity contribution is 0.768. The van der Waals surface area contributed by atoms with Crippen LogP contribution in [0.5, 0.6) is 0 Å². The van der Waals surface area contributed by atoms with Gasteiger partial charge in [0.25, 0.3) is 0 Å². The summed E-state index contributed by atoms with van der Waals surface area (Å²) in [4.78, 5) is 10.1. The Balaban J connectivity index is 1.21. The standard InChI is InChI=1S/C45H31N3/c1-4-14-31(15-5-1)32-24-27-36(28-25-32)46-44-47-42-23-13-11-21-39(42)43(48-44)33-26-29-38-37-20-10-12-22-40(37)45(41(38)30-33,34-16-6-2-7-17-34)35-18-8-3-9-19-35/h1-30H,(H,46,47,48). The van der Waals surface area contributed by atoms with E-state index in [0.29, 0.717) is 5.95 Å². The zero-order valence-corrected chi connectivity index (χ0v) is 26.2. The van der Waals surface area contributed by atoms with Gasteiger partial charge in [-0.05, 0) is 68.8 Å². The third-order valence-electron chi connectivity index (χ3n) is 9.58. The Morgan fingerprint density at radius 3 is 1.71 bits per heavy atom. The van der Waals surface area contributed by atoms with Crippen LogP contribution in [0.15, 0.2) is 182 Å². The highest BCUT2D eigenvalue weighted by atomic mass is 15.1. The van der Waals surface area contributed by atoms with E-state index in [2.05, 4.69) is 175 Å². The summed E-state index contributed by atoms with van der Waals surface area (Å²) in [5, 5.41) is 4.51. The van der Waals surface area contributed by atoms with Crippen molar-refractivity contribution in [3.63, 3.8) is 0 Å². The molecule has 3 nitrogen and oxygen atoms in total. The molecule has 8 aromatic rings. The van der Waals surface area contributed by atoms with Crippen molar-refractivity contribution in [2.24, 2.45) is 0 Å². The Bertz CT molecular complexity index is 2360. The predicted molar refractivity (Wildman–Crippen MR) is 197 cm³/mol. The number of nitrogens with one attached hydrogen (secondary N) is 1. The first kappa shape index (κ1) is 27.9. The maximum absolute atomic E-state index is 5.19. The van der Waals surface area contributed by atoms with E-state index in [0.717, 1.165) is 27.8 Å². The van der Waals surface area contributed by atoms with Crippen LogP contribution in [-0.2, 0) is 5.41 Å². The summed E-state index contributed by atoms with van der Waals surface area (Å²) in [7, 11) is 0. The van der Waals surface area contributed by atoms with Gasteiger partial charge >= 0.3 is 0 Å². The van der Waals surface area contributed by atoms with E-state index in [4.69, 9.17) is 9.97 Å². The number of aromatic nitrogens is 2. The lowest BCUT2D eigenvalue weighted by Crippen LogP contribution is -2.28. The second-order valence-electron chi connectivity index (χ2n) is 12.3. The Hall–Kier alpha value is -6.32. The summed E-state index contributed by atoms with van der Waals surface area (Å²) in [6.45, 7) is 0. The molecule has 226 valence electrons. The van der Waals surface area contributed by atoms with Gasteiger partial charge in [0.05, 0.1) is 16.6 Å². The maximum atomic E-state index is 5.19. The highest BCUT2D eigenvalue weighted by Crippen LogP contribution is 2.56. The molecule has 1 aromatic heterocycles. The van der Waals surface area contributed by atoms with E-state index in [1.807, 2.05) is 12.1 Å². The molecule has 0 amide bonds. The van der Waals surface area contributed by atoms with Crippen LogP contribution in [0.25, 0.3) is 44.4 Å². The first-order valence-corrected chi connectivity index (χ1v) is 16.3. The average molecular weight is 614 g/mol. The van der Waals surface area contributed by atoms with E-state index < -0.39 is 5.41 Å². The topological polar surface area (TPSA) is 37.8 Å². The Morgan fingerprint density at radius 1 is 0.417 bits per heavy atom. The fraction of sp³-hybridized carbons (Fsp3) is 0.0222. The van der Waals surface area contributed by atoms with Crippen LogP contribution >= 0.6 is 0 Å². The summed E-state index contributed by atoms with van der Waals surface area (Å²) < 4.78 is 0. The molecule has 3 heteroatoms. The molecule has 9 rings (SSSR count). The van der Waals surface area contributed by atoms with Crippen molar-refractivity contribution in [3.05, 3.63) is 204 Å². The lowest BCUT2D eigenvalue weighted by Gasteiger charge is -2.34. The predicted octanol–water partition coefficient (Wildman–Crippen LogP) is 11.1. The minimum atomic E-state index is -0.477.